The van der Waals surface area contributed by atoms with Crippen LogP contribution in [0.15, 0.2) is 46.3 Å². The fourth-order valence-electron chi connectivity index (χ4n) is 2.50. The van der Waals surface area contributed by atoms with Crippen molar-refractivity contribution < 1.29 is 9.32 Å². The van der Waals surface area contributed by atoms with E-state index in [9.17, 15) is 4.79 Å². The molecule has 6 nitrogen and oxygen atoms in total. The number of carbonyl (C=O) groups excluding carboxylic acids is 1. The number of nitrogens with zero attached hydrogens (tertiary/aromatic N) is 3. The topological polar surface area (TPSA) is 71.3 Å². The second-order valence-electron chi connectivity index (χ2n) is 5.72. The maximum Gasteiger partial charge on any atom is 0.241 e. The van der Waals surface area contributed by atoms with Gasteiger partial charge in [-0.3, -0.25) is 9.69 Å². The molecule has 0 saturated carbocycles. The number of hydrogen-bond acceptors (Lipinski definition) is 6. The van der Waals surface area contributed by atoms with E-state index in [4.69, 9.17) is 4.52 Å². The highest BCUT2D eigenvalue weighted by molar-refractivity contribution is 7.13. The van der Waals surface area contributed by atoms with E-state index in [-0.39, 0.29) is 12.5 Å². The summed E-state index contributed by atoms with van der Waals surface area (Å²) in [5.74, 6) is 1.01. The molecule has 1 amide bonds. The van der Waals surface area contributed by atoms with Gasteiger partial charge in [-0.25, -0.2) is 0 Å². The SMILES string of the molecule is CCc1ccccc1NC(=O)CN(C)Cc1nc(-c2cccs2)no1. The summed E-state index contributed by atoms with van der Waals surface area (Å²) in [5.41, 5.74) is 1.98. The van der Waals surface area contributed by atoms with E-state index in [1.165, 1.54) is 0 Å². The van der Waals surface area contributed by atoms with E-state index in [1.54, 1.807) is 11.3 Å². The minimum absolute atomic E-state index is 0.0682. The Morgan fingerprint density at radius 1 is 1.28 bits per heavy atom. The molecule has 0 radical (unpaired) electrons. The number of amides is 1. The number of rotatable bonds is 7. The van der Waals surface area contributed by atoms with Crippen LogP contribution >= 0.6 is 11.3 Å². The molecule has 0 aliphatic carbocycles. The Bertz CT molecular complexity index is 829. The second-order valence-corrected chi connectivity index (χ2v) is 6.67. The first-order valence-electron chi connectivity index (χ1n) is 8.08. The van der Waals surface area contributed by atoms with Gasteiger partial charge in [-0.1, -0.05) is 36.3 Å². The lowest BCUT2D eigenvalue weighted by molar-refractivity contribution is -0.117. The van der Waals surface area contributed by atoms with Gasteiger partial charge in [-0.05, 0) is 36.5 Å². The number of anilines is 1. The zero-order valence-corrected chi connectivity index (χ0v) is 15.0. The van der Waals surface area contributed by atoms with Crippen molar-refractivity contribution in [3.8, 4) is 10.7 Å². The van der Waals surface area contributed by atoms with Crippen LogP contribution in [0, 0.1) is 0 Å². The molecule has 25 heavy (non-hydrogen) atoms. The summed E-state index contributed by atoms with van der Waals surface area (Å²) in [7, 11) is 1.85. The third-order valence-corrected chi connectivity index (χ3v) is 4.57. The number of aryl methyl sites for hydroxylation is 1. The number of carbonyl (C=O) groups is 1. The van der Waals surface area contributed by atoms with Crippen molar-refractivity contribution in [3.63, 3.8) is 0 Å². The van der Waals surface area contributed by atoms with Crippen LogP contribution in [-0.4, -0.2) is 34.5 Å². The molecule has 130 valence electrons. The van der Waals surface area contributed by atoms with Gasteiger partial charge in [0, 0.05) is 5.69 Å². The van der Waals surface area contributed by atoms with Crippen molar-refractivity contribution in [2.24, 2.45) is 0 Å². The number of thiophene rings is 1. The summed E-state index contributed by atoms with van der Waals surface area (Å²) < 4.78 is 5.27. The highest BCUT2D eigenvalue weighted by Crippen LogP contribution is 2.21. The quantitative estimate of drug-likeness (QED) is 0.702. The molecule has 0 unspecified atom stereocenters. The van der Waals surface area contributed by atoms with Crippen molar-refractivity contribution in [2.75, 3.05) is 18.9 Å². The Morgan fingerprint density at radius 2 is 2.12 bits per heavy atom. The number of aromatic nitrogens is 2. The lowest BCUT2D eigenvalue weighted by Gasteiger charge is -2.15. The molecule has 0 fully saturated rings. The van der Waals surface area contributed by atoms with Gasteiger partial charge in [0.1, 0.15) is 0 Å². The minimum atomic E-state index is -0.0682. The number of nitrogens with one attached hydrogen (secondary N) is 1. The molecule has 0 atom stereocenters. The van der Waals surface area contributed by atoms with E-state index < -0.39 is 0 Å². The van der Waals surface area contributed by atoms with Crippen LogP contribution < -0.4 is 5.32 Å². The van der Waals surface area contributed by atoms with Gasteiger partial charge in [0.25, 0.3) is 0 Å². The van der Waals surface area contributed by atoms with Crippen LogP contribution in [-0.2, 0) is 17.8 Å². The van der Waals surface area contributed by atoms with E-state index in [0.717, 1.165) is 22.5 Å². The summed E-state index contributed by atoms with van der Waals surface area (Å²) in [6.45, 7) is 2.73. The van der Waals surface area contributed by atoms with Gasteiger partial charge < -0.3 is 9.84 Å². The maximum atomic E-state index is 12.3. The zero-order chi connectivity index (χ0) is 17.6. The van der Waals surface area contributed by atoms with Gasteiger partial charge >= 0.3 is 0 Å². The Kier molecular flexibility index (Phi) is 5.57. The maximum absolute atomic E-state index is 12.3. The van der Waals surface area contributed by atoms with Crippen LogP contribution in [0.3, 0.4) is 0 Å². The van der Waals surface area contributed by atoms with Crippen molar-refractivity contribution in [2.45, 2.75) is 19.9 Å². The standard InChI is InChI=1S/C18H20N4O2S/c1-3-13-7-4-5-8-14(13)19-16(23)11-22(2)12-17-20-18(21-24-17)15-9-6-10-25-15/h4-10H,3,11-12H2,1-2H3,(H,19,23). The molecule has 3 aromatic rings. The lowest BCUT2D eigenvalue weighted by atomic mass is 10.1. The predicted octanol–water partition coefficient (Wildman–Crippen LogP) is 3.43. The third-order valence-electron chi connectivity index (χ3n) is 3.70. The van der Waals surface area contributed by atoms with Crippen LogP contribution in [0.25, 0.3) is 10.7 Å². The summed E-state index contributed by atoms with van der Waals surface area (Å²) in [4.78, 5) is 19.4. The predicted molar refractivity (Wildman–Crippen MR) is 98.4 cm³/mol. The van der Waals surface area contributed by atoms with E-state index in [2.05, 4.69) is 22.4 Å². The molecule has 0 aliphatic heterocycles. The number of hydrogen-bond donors (Lipinski definition) is 1. The minimum Gasteiger partial charge on any atom is -0.338 e. The fraction of sp³-hybridized carbons (Fsp3) is 0.278. The summed E-state index contributed by atoms with van der Waals surface area (Å²) in [6.07, 6.45) is 0.875. The number of benzene rings is 1. The van der Waals surface area contributed by atoms with Crippen LogP contribution in [0.4, 0.5) is 5.69 Å². The average Bonchev–Trinajstić information content (AvgIpc) is 3.26. The molecule has 0 spiro atoms. The first kappa shape index (κ1) is 17.3. The molecule has 7 heteroatoms. The van der Waals surface area contributed by atoms with Gasteiger partial charge in [0.15, 0.2) is 0 Å². The highest BCUT2D eigenvalue weighted by Gasteiger charge is 2.14. The Hall–Kier alpha value is -2.51. The van der Waals surface area contributed by atoms with Gasteiger partial charge in [-0.15, -0.1) is 11.3 Å². The highest BCUT2D eigenvalue weighted by atomic mass is 32.1. The smallest absolute Gasteiger partial charge is 0.241 e. The molecule has 2 aromatic heterocycles. The summed E-state index contributed by atoms with van der Waals surface area (Å²) in [6, 6.07) is 11.7. The van der Waals surface area contributed by atoms with Crippen LogP contribution in [0.1, 0.15) is 18.4 Å². The zero-order valence-electron chi connectivity index (χ0n) is 14.2. The molecular formula is C18H20N4O2S. The van der Waals surface area contributed by atoms with Gasteiger partial charge in [0.2, 0.25) is 17.6 Å². The first-order valence-corrected chi connectivity index (χ1v) is 8.96. The number of likely N-dealkylation sites (N-methyl/N-ethyl adjacent to an activating group) is 1. The molecule has 2 heterocycles. The van der Waals surface area contributed by atoms with E-state index in [0.29, 0.717) is 18.3 Å². The average molecular weight is 356 g/mol. The molecule has 1 aromatic carbocycles. The van der Waals surface area contributed by atoms with Crippen molar-refractivity contribution >= 4 is 22.9 Å². The Morgan fingerprint density at radius 3 is 2.88 bits per heavy atom. The van der Waals surface area contributed by atoms with Crippen molar-refractivity contribution in [3.05, 3.63) is 53.2 Å². The van der Waals surface area contributed by atoms with Gasteiger partial charge in [-0.2, -0.15) is 4.98 Å². The first-order chi connectivity index (χ1) is 12.2. The Labute approximate surface area is 150 Å². The Balaban J connectivity index is 1.55. The van der Waals surface area contributed by atoms with E-state index >= 15 is 0 Å². The lowest BCUT2D eigenvalue weighted by Crippen LogP contribution is -2.30. The number of para-hydroxylation sites is 1. The molecule has 3 rings (SSSR count). The molecule has 0 aliphatic rings. The van der Waals surface area contributed by atoms with Crippen LogP contribution in [0.5, 0.6) is 0 Å². The van der Waals surface area contributed by atoms with Gasteiger partial charge in [0.05, 0.1) is 18.0 Å². The second kappa shape index (κ2) is 8.04. The summed E-state index contributed by atoms with van der Waals surface area (Å²) in [5, 5.41) is 8.91. The largest absolute Gasteiger partial charge is 0.338 e. The summed E-state index contributed by atoms with van der Waals surface area (Å²) >= 11 is 1.56. The fourth-order valence-corrected chi connectivity index (χ4v) is 3.15. The van der Waals surface area contributed by atoms with Crippen molar-refractivity contribution in [1.82, 2.24) is 15.0 Å². The monoisotopic (exact) mass is 356 g/mol. The molecule has 0 bridgehead atoms. The van der Waals surface area contributed by atoms with Crippen LogP contribution in [0.2, 0.25) is 0 Å². The van der Waals surface area contributed by atoms with Crippen molar-refractivity contribution in [1.29, 1.82) is 0 Å². The molecule has 1 N–H and O–H groups in total. The van der Waals surface area contributed by atoms with E-state index in [1.807, 2.05) is 53.7 Å². The molecule has 0 saturated heterocycles. The molecular weight excluding hydrogens is 336 g/mol. The normalized spacial score (nSPS) is 11.0. The third kappa shape index (κ3) is 4.52.